The van der Waals surface area contributed by atoms with E-state index in [-0.39, 0.29) is 24.3 Å². The number of piperidine rings is 1. The number of carbonyl (C=O) groups is 2. The molecule has 2 aliphatic heterocycles. The lowest BCUT2D eigenvalue weighted by Crippen LogP contribution is -2.65. The average Bonchev–Trinajstić information content (AvgIpc) is 3.35. The summed E-state index contributed by atoms with van der Waals surface area (Å²) in [5.74, 6) is -0.297. The minimum absolute atomic E-state index is 0.0855. The second-order valence-corrected chi connectivity index (χ2v) is 13.6. The molecule has 0 bridgehead atoms. The van der Waals surface area contributed by atoms with Crippen LogP contribution >= 0.6 is 11.8 Å². The molecular weight excluding hydrogens is 580 g/mol. The fourth-order valence-corrected chi connectivity index (χ4v) is 7.79. The van der Waals surface area contributed by atoms with Gasteiger partial charge >= 0.3 is 6.09 Å². The van der Waals surface area contributed by atoms with Crippen molar-refractivity contribution in [2.24, 2.45) is 11.8 Å². The van der Waals surface area contributed by atoms with Crippen molar-refractivity contribution in [1.82, 2.24) is 10.2 Å². The molecule has 2 aromatic carbocycles. The molecule has 2 heterocycles. The van der Waals surface area contributed by atoms with Crippen LogP contribution in [0, 0.1) is 11.8 Å². The van der Waals surface area contributed by atoms with E-state index in [1.54, 1.807) is 11.2 Å². The maximum absolute atomic E-state index is 14.0. The number of aliphatic hydroxyl groups is 3. The normalized spacial score (nSPS) is 29.2. The summed E-state index contributed by atoms with van der Waals surface area (Å²) in [5, 5.41) is 34.8. The van der Waals surface area contributed by atoms with Gasteiger partial charge in [0.05, 0.1) is 6.04 Å². The molecule has 1 aliphatic carbocycles. The van der Waals surface area contributed by atoms with E-state index in [1.165, 1.54) is 11.8 Å². The highest BCUT2D eigenvalue weighted by atomic mass is 32.2. The van der Waals surface area contributed by atoms with E-state index in [4.69, 9.17) is 9.47 Å². The van der Waals surface area contributed by atoms with Gasteiger partial charge in [-0.05, 0) is 53.2 Å². The molecular formula is C34H46N2O7S. The monoisotopic (exact) mass is 626 g/mol. The molecule has 2 saturated heterocycles. The standard InChI is InChI=1S/C34H46N2O7S/c1-5-10-20-15-16-36(34(41)42-18-25-23-13-8-6-11-21(23)22-12-7-9-14-24(22)25)26(17-20)32(40)35-27(19(2)3)31-29(38)28(37)30(39)33(43-31)44-4/h6-9,11-14,19-20,25-31,33,37-39H,5,10,15-18H2,1-4H3,(H,35,40). The Kier molecular flexibility index (Phi) is 10.6. The molecule has 2 fully saturated rings. The number of fused-ring (bicyclic) bond motifs is 3. The summed E-state index contributed by atoms with van der Waals surface area (Å²) in [6.45, 7) is 6.50. The van der Waals surface area contributed by atoms with E-state index in [9.17, 15) is 24.9 Å². The Hall–Kier alpha value is -2.63. The highest BCUT2D eigenvalue weighted by Crippen LogP contribution is 2.44. The fraction of sp³-hybridized carbons (Fsp3) is 0.588. The summed E-state index contributed by atoms with van der Waals surface area (Å²) in [6.07, 6.45) is -0.514. The van der Waals surface area contributed by atoms with Crippen molar-refractivity contribution in [2.45, 2.75) is 94.3 Å². The Balaban J connectivity index is 1.32. The number of nitrogens with zero attached hydrogens (tertiary/aromatic N) is 1. The maximum Gasteiger partial charge on any atom is 0.410 e. The predicted octanol–water partition coefficient (Wildman–Crippen LogP) is 4.13. The highest BCUT2D eigenvalue weighted by molar-refractivity contribution is 7.99. The summed E-state index contributed by atoms with van der Waals surface area (Å²) in [5.41, 5.74) is 3.79. The van der Waals surface area contributed by atoms with Crippen LogP contribution in [0.4, 0.5) is 4.79 Å². The number of nitrogens with one attached hydrogen (secondary N) is 1. The van der Waals surface area contributed by atoms with E-state index >= 15 is 0 Å². The molecule has 0 radical (unpaired) electrons. The largest absolute Gasteiger partial charge is 0.448 e. The fourth-order valence-electron chi connectivity index (χ4n) is 7.11. The Morgan fingerprint density at radius 2 is 1.66 bits per heavy atom. The van der Waals surface area contributed by atoms with Crippen LogP contribution in [0.15, 0.2) is 48.5 Å². The van der Waals surface area contributed by atoms with Crippen LogP contribution in [0.3, 0.4) is 0 Å². The zero-order valence-electron chi connectivity index (χ0n) is 26.0. The molecule has 4 N–H and O–H groups in total. The molecule has 0 aromatic heterocycles. The Bertz CT molecular complexity index is 1260. The van der Waals surface area contributed by atoms with Crippen molar-refractivity contribution in [3.63, 3.8) is 0 Å². The number of hydrogen-bond donors (Lipinski definition) is 4. The van der Waals surface area contributed by atoms with Crippen LogP contribution in [-0.4, -0.2) is 93.6 Å². The molecule has 0 spiro atoms. The van der Waals surface area contributed by atoms with E-state index in [2.05, 4.69) is 36.5 Å². The van der Waals surface area contributed by atoms with Crippen LogP contribution in [0.1, 0.15) is 63.5 Å². The molecule has 44 heavy (non-hydrogen) atoms. The quantitative estimate of drug-likeness (QED) is 0.327. The van der Waals surface area contributed by atoms with Crippen LogP contribution in [0.25, 0.3) is 11.1 Å². The van der Waals surface area contributed by atoms with E-state index in [0.29, 0.717) is 18.9 Å². The van der Waals surface area contributed by atoms with Crippen LogP contribution in [0.2, 0.25) is 0 Å². The van der Waals surface area contributed by atoms with Gasteiger partial charge in [0.15, 0.2) is 0 Å². The third-order valence-electron chi connectivity index (χ3n) is 9.50. The van der Waals surface area contributed by atoms with E-state index in [0.717, 1.165) is 41.5 Å². The van der Waals surface area contributed by atoms with Crippen LogP contribution in [-0.2, 0) is 14.3 Å². The summed E-state index contributed by atoms with van der Waals surface area (Å²) in [4.78, 5) is 29.2. The SMILES string of the molecule is CCCC1CCN(C(=O)OCC2c3ccccc3-c3ccccc32)C(C(=O)NC(C(C)C)C2OC(SC)C(O)C(O)C2O)C1. The molecule has 2 aromatic rings. The zero-order chi connectivity index (χ0) is 31.5. The first-order valence-electron chi connectivity index (χ1n) is 15.8. The van der Waals surface area contributed by atoms with Gasteiger partial charge in [0.1, 0.15) is 42.5 Å². The number of rotatable bonds is 9. The molecule has 10 heteroatoms. The molecule has 0 saturated carbocycles. The number of hydrogen-bond acceptors (Lipinski definition) is 8. The van der Waals surface area contributed by atoms with E-state index < -0.39 is 48.0 Å². The molecule has 9 nitrogen and oxygen atoms in total. The van der Waals surface area contributed by atoms with Crippen molar-refractivity contribution < 1.29 is 34.4 Å². The lowest BCUT2D eigenvalue weighted by Gasteiger charge is -2.45. The van der Waals surface area contributed by atoms with Gasteiger partial charge in [0, 0.05) is 12.5 Å². The topological polar surface area (TPSA) is 129 Å². The van der Waals surface area contributed by atoms with Crippen LogP contribution < -0.4 is 5.32 Å². The molecule has 8 unspecified atom stereocenters. The predicted molar refractivity (Wildman–Crippen MR) is 170 cm³/mol. The maximum atomic E-state index is 14.0. The second kappa shape index (κ2) is 14.2. The highest BCUT2D eigenvalue weighted by Gasteiger charge is 2.48. The van der Waals surface area contributed by atoms with Gasteiger partial charge in [-0.15, -0.1) is 11.8 Å². The van der Waals surface area contributed by atoms with Gasteiger partial charge in [-0.2, -0.15) is 0 Å². The molecule has 8 atom stereocenters. The van der Waals surface area contributed by atoms with Crippen molar-refractivity contribution in [2.75, 3.05) is 19.4 Å². The molecule has 5 rings (SSSR count). The minimum Gasteiger partial charge on any atom is -0.448 e. The minimum atomic E-state index is -1.41. The van der Waals surface area contributed by atoms with Gasteiger partial charge in [-0.25, -0.2) is 4.79 Å². The van der Waals surface area contributed by atoms with Gasteiger partial charge in [-0.1, -0.05) is 82.1 Å². The van der Waals surface area contributed by atoms with Crippen molar-refractivity contribution in [1.29, 1.82) is 0 Å². The first kappa shape index (κ1) is 32.8. The number of amides is 2. The summed E-state index contributed by atoms with van der Waals surface area (Å²) < 4.78 is 12.0. The lowest BCUT2D eigenvalue weighted by atomic mass is 9.86. The molecule has 2 amide bonds. The number of ether oxygens (including phenoxy) is 2. The zero-order valence-corrected chi connectivity index (χ0v) is 26.8. The Morgan fingerprint density at radius 1 is 1.02 bits per heavy atom. The van der Waals surface area contributed by atoms with Crippen LogP contribution in [0.5, 0.6) is 0 Å². The molecule has 3 aliphatic rings. The smallest absolute Gasteiger partial charge is 0.410 e. The first-order chi connectivity index (χ1) is 21.2. The lowest BCUT2D eigenvalue weighted by molar-refractivity contribution is -0.208. The van der Waals surface area contributed by atoms with Crippen molar-refractivity contribution in [3.05, 3.63) is 59.7 Å². The Labute approximate surface area is 264 Å². The van der Waals surface area contributed by atoms with Gasteiger partial charge in [0.2, 0.25) is 5.91 Å². The summed E-state index contributed by atoms with van der Waals surface area (Å²) in [6, 6.07) is 14.9. The number of carbonyl (C=O) groups excluding carboxylic acids is 2. The number of benzene rings is 2. The second-order valence-electron chi connectivity index (χ2n) is 12.6. The number of likely N-dealkylation sites (tertiary alicyclic amines) is 1. The van der Waals surface area contributed by atoms with Gasteiger partial charge < -0.3 is 30.1 Å². The van der Waals surface area contributed by atoms with Gasteiger partial charge in [-0.3, -0.25) is 9.69 Å². The number of thioether (sulfide) groups is 1. The summed E-state index contributed by atoms with van der Waals surface area (Å²) >= 11 is 1.23. The van der Waals surface area contributed by atoms with E-state index in [1.807, 2.05) is 38.1 Å². The van der Waals surface area contributed by atoms with Crippen molar-refractivity contribution >= 4 is 23.8 Å². The molecule has 240 valence electrons. The van der Waals surface area contributed by atoms with Gasteiger partial charge in [0.25, 0.3) is 0 Å². The third kappa shape index (κ3) is 6.51. The summed E-state index contributed by atoms with van der Waals surface area (Å²) in [7, 11) is 0. The first-order valence-corrected chi connectivity index (χ1v) is 17.1. The Morgan fingerprint density at radius 3 is 2.25 bits per heavy atom. The number of aliphatic hydroxyl groups excluding tert-OH is 3. The third-order valence-corrected chi connectivity index (χ3v) is 10.4. The average molecular weight is 627 g/mol. The van der Waals surface area contributed by atoms with Crippen molar-refractivity contribution in [3.8, 4) is 11.1 Å².